The van der Waals surface area contributed by atoms with Crippen molar-refractivity contribution in [2.24, 2.45) is 0 Å². The summed E-state index contributed by atoms with van der Waals surface area (Å²) in [6.07, 6.45) is 0.284. The van der Waals surface area contributed by atoms with Crippen molar-refractivity contribution in [2.45, 2.75) is 6.42 Å². The van der Waals surface area contributed by atoms with Crippen LogP contribution < -0.4 is 15.4 Å². The van der Waals surface area contributed by atoms with E-state index in [2.05, 4.69) is 15.5 Å². The summed E-state index contributed by atoms with van der Waals surface area (Å²) in [7, 11) is 0. The lowest BCUT2D eigenvalue weighted by Gasteiger charge is -2.26. The lowest BCUT2D eigenvalue weighted by Crippen LogP contribution is -2.41. The zero-order chi connectivity index (χ0) is 16.1. The summed E-state index contributed by atoms with van der Waals surface area (Å²) >= 11 is 0. The number of benzene rings is 1. The number of amides is 2. The van der Waals surface area contributed by atoms with Crippen LogP contribution in [0.25, 0.3) is 0 Å². The molecule has 1 saturated heterocycles. The molecule has 0 bridgehead atoms. The predicted molar refractivity (Wildman–Crippen MR) is 84.5 cm³/mol. The number of fused-ring (bicyclic) bond motifs is 1. The van der Waals surface area contributed by atoms with Crippen LogP contribution in [0.1, 0.15) is 5.56 Å². The molecule has 124 valence electrons. The van der Waals surface area contributed by atoms with E-state index in [0.29, 0.717) is 18.0 Å². The van der Waals surface area contributed by atoms with Gasteiger partial charge in [0, 0.05) is 26.2 Å². The van der Waals surface area contributed by atoms with Crippen LogP contribution >= 0.6 is 0 Å². The quantitative estimate of drug-likeness (QED) is 0.799. The molecule has 2 aliphatic heterocycles. The molecule has 1 fully saturated rings. The van der Waals surface area contributed by atoms with E-state index in [-0.39, 0.29) is 24.8 Å². The van der Waals surface area contributed by atoms with Gasteiger partial charge in [0.05, 0.1) is 25.3 Å². The third-order valence-corrected chi connectivity index (χ3v) is 3.90. The highest BCUT2D eigenvalue weighted by Crippen LogP contribution is 2.28. The number of carbonyl (C=O) groups is 2. The van der Waals surface area contributed by atoms with E-state index in [1.165, 1.54) is 0 Å². The average Bonchev–Trinajstić information content (AvgIpc) is 2.55. The number of nitrogens with one attached hydrogen (secondary N) is 2. The molecule has 7 nitrogen and oxygen atoms in total. The van der Waals surface area contributed by atoms with Crippen molar-refractivity contribution in [3.63, 3.8) is 0 Å². The van der Waals surface area contributed by atoms with Gasteiger partial charge in [-0.2, -0.15) is 0 Å². The molecule has 1 aromatic carbocycles. The molecule has 2 aliphatic rings. The molecule has 3 rings (SSSR count). The van der Waals surface area contributed by atoms with Crippen LogP contribution in [0.15, 0.2) is 18.2 Å². The van der Waals surface area contributed by atoms with Crippen molar-refractivity contribution < 1.29 is 19.1 Å². The fourth-order valence-electron chi connectivity index (χ4n) is 2.67. The van der Waals surface area contributed by atoms with E-state index in [1.807, 2.05) is 6.07 Å². The Kier molecular flexibility index (Phi) is 5.09. The first kappa shape index (κ1) is 15.8. The smallest absolute Gasteiger partial charge is 0.262 e. The van der Waals surface area contributed by atoms with Gasteiger partial charge in [-0.25, -0.2) is 0 Å². The summed E-state index contributed by atoms with van der Waals surface area (Å²) < 4.78 is 10.6. The van der Waals surface area contributed by atoms with Crippen molar-refractivity contribution in [1.82, 2.24) is 10.2 Å². The molecule has 2 N–H and O–H groups in total. The Labute approximate surface area is 134 Å². The fourth-order valence-corrected chi connectivity index (χ4v) is 2.67. The number of hydrogen-bond donors (Lipinski definition) is 2. The number of anilines is 1. The second-order valence-electron chi connectivity index (χ2n) is 5.65. The molecule has 0 radical (unpaired) electrons. The standard InChI is InChI=1S/C16H21N3O4/c20-15(17-3-4-19-5-7-22-8-6-19)10-12-1-2-14-13(9-12)18-16(21)11-23-14/h1-2,9H,3-8,10-11H2,(H,17,20)(H,18,21). The normalized spacial score (nSPS) is 17.8. The van der Waals surface area contributed by atoms with Gasteiger partial charge in [0.2, 0.25) is 5.91 Å². The largest absolute Gasteiger partial charge is 0.482 e. The lowest BCUT2D eigenvalue weighted by atomic mass is 10.1. The SMILES string of the molecule is O=C(Cc1ccc2c(c1)NC(=O)CO2)NCCN1CCOCC1. The summed E-state index contributed by atoms with van der Waals surface area (Å²) in [5, 5.41) is 5.67. The molecule has 23 heavy (non-hydrogen) atoms. The third-order valence-electron chi connectivity index (χ3n) is 3.90. The maximum atomic E-state index is 12.0. The topological polar surface area (TPSA) is 79.9 Å². The van der Waals surface area contributed by atoms with E-state index in [9.17, 15) is 9.59 Å². The average molecular weight is 319 g/mol. The molecule has 0 unspecified atom stereocenters. The van der Waals surface area contributed by atoms with Crippen LogP contribution in [-0.2, 0) is 20.7 Å². The van der Waals surface area contributed by atoms with Crippen LogP contribution in [0.4, 0.5) is 5.69 Å². The van der Waals surface area contributed by atoms with Crippen LogP contribution in [0.3, 0.4) is 0 Å². The first-order chi connectivity index (χ1) is 11.2. The number of hydrogen-bond acceptors (Lipinski definition) is 5. The van der Waals surface area contributed by atoms with Crippen LogP contribution in [-0.4, -0.2) is 62.7 Å². The van der Waals surface area contributed by atoms with Gasteiger partial charge in [-0.1, -0.05) is 6.07 Å². The highest BCUT2D eigenvalue weighted by atomic mass is 16.5. The third kappa shape index (κ3) is 4.43. The van der Waals surface area contributed by atoms with Crippen LogP contribution in [0, 0.1) is 0 Å². The highest BCUT2D eigenvalue weighted by Gasteiger charge is 2.16. The number of carbonyl (C=O) groups excluding carboxylic acids is 2. The molecule has 0 aromatic heterocycles. The maximum Gasteiger partial charge on any atom is 0.262 e. The minimum absolute atomic E-state index is 0.0266. The zero-order valence-corrected chi connectivity index (χ0v) is 13.0. The van der Waals surface area contributed by atoms with E-state index in [0.717, 1.165) is 38.4 Å². The van der Waals surface area contributed by atoms with Crippen molar-refractivity contribution >= 4 is 17.5 Å². The van der Waals surface area contributed by atoms with E-state index in [4.69, 9.17) is 9.47 Å². The summed E-state index contributed by atoms with van der Waals surface area (Å²) in [6.45, 7) is 4.86. The van der Waals surface area contributed by atoms with E-state index < -0.39 is 0 Å². The second-order valence-corrected chi connectivity index (χ2v) is 5.65. The molecule has 7 heteroatoms. The zero-order valence-electron chi connectivity index (χ0n) is 13.0. The van der Waals surface area contributed by atoms with Gasteiger partial charge in [-0.15, -0.1) is 0 Å². The molecule has 0 aliphatic carbocycles. The van der Waals surface area contributed by atoms with Gasteiger partial charge >= 0.3 is 0 Å². The Morgan fingerprint density at radius 2 is 2.13 bits per heavy atom. The summed E-state index contributed by atoms with van der Waals surface area (Å²) in [5.74, 6) is 0.437. The fraction of sp³-hybridized carbons (Fsp3) is 0.500. The van der Waals surface area contributed by atoms with Crippen LogP contribution in [0.5, 0.6) is 5.75 Å². The summed E-state index contributed by atoms with van der Waals surface area (Å²) in [6, 6.07) is 5.41. The van der Waals surface area contributed by atoms with Gasteiger partial charge in [-0.3, -0.25) is 14.5 Å². The van der Waals surface area contributed by atoms with Gasteiger partial charge < -0.3 is 20.1 Å². The van der Waals surface area contributed by atoms with E-state index in [1.54, 1.807) is 12.1 Å². The highest BCUT2D eigenvalue weighted by molar-refractivity contribution is 5.95. The molecular weight excluding hydrogens is 298 g/mol. The van der Waals surface area contributed by atoms with E-state index >= 15 is 0 Å². The Morgan fingerprint density at radius 1 is 1.30 bits per heavy atom. The monoisotopic (exact) mass is 319 g/mol. The Morgan fingerprint density at radius 3 is 2.96 bits per heavy atom. The van der Waals surface area contributed by atoms with Crippen LogP contribution in [0.2, 0.25) is 0 Å². The second kappa shape index (κ2) is 7.43. The maximum absolute atomic E-state index is 12.0. The van der Waals surface area contributed by atoms with Gasteiger partial charge in [0.25, 0.3) is 5.91 Å². The predicted octanol–water partition coefficient (Wildman–Crippen LogP) is 0.00840. The Bertz CT molecular complexity index is 585. The number of morpholine rings is 1. The molecule has 0 saturated carbocycles. The van der Waals surface area contributed by atoms with Crippen molar-refractivity contribution in [1.29, 1.82) is 0 Å². The molecule has 2 heterocycles. The molecular formula is C16H21N3O4. The lowest BCUT2D eigenvalue weighted by molar-refractivity contribution is -0.120. The molecule has 0 spiro atoms. The first-order valence-electron chi connectivity index (χ1n) is 7.83. The Balaban J connectivity index is 1.46. The van der Waals surface area contributed by atoms with Crippen molar-refractivity contribution in [3.05, 3.63) is 23.8 Å². The van der Waals surface area contributed by atoms with Crippen molar-refractivity contribution in [3.8, 4) is 5.75 Å². The number of ether oxygens (including phenoxy) is 2. The van der Waals surface area contributed by atoms with Gasteiger partial charge in [-0.05, 0) is 17.7 Å². The van der Waals surface area contributed by atoms with Crippen molar-refractivity contribution in [2.75, 3.05) is 51.3 Å². The number of nitrogens with zero attached hydrogens (tertiary/aromatic N) is 1. The molecule has 0 atom stereocenters. The minimum atomic E-state index is -0.176. The van der Waals surface area contributed by atoms with Gasteiger partial charge in [0.15, 0.2) is 6.61 Å². The van der Waals surface area contributed by atoms with Gasteiger partial charge in [0.1, 0.15) is 5.75 Å². The molecule has 1 aromatic rings. The summed E-state index contributed by atoms with van der Waals surface area (Å²) in [4.78, 5) is 25.6. The minimum Gasteiger partial charge on any atom is -0.482 e. The molecule has 2 amide bonds. The number of rotatable bonds is 5. The first-order valence-corrected chi connectivity index (χ1v) is 7.83. The Hall–Kier alpha value is -2.12. The summed E-state index contributed by atoms with van der Waals surface area (Å²) in [5.41, 5.74) is 1.47.